The molecule has 0 saturated heterocycles. The van der Waals surface area contributed by atoms with Crippen LogP contribution in [0.5, 0.6) is 5.75 Å². The third-order valence-electron chi connectivity index (χ3n) is 2.47. The second-order valence-electron chi connectivity index (χ2n) is 3.98. The lowest BCUT2D eigenvalue weighted by atomic mass is 10.2. The van der Waals surface area contributed by atoms with Crippen LogP contribution in [-0.4, -0.2) is 46.3 Å². The summed E-state index contributed by atoms with van der Waals surface area (Å²) < 4.78 is 5.01. The number of carboxylic acids is 1. The smallest absolute Gasteiger partial charge is 0.326 e. The van der Waals surface area contributed by atoms with E-state index < -0.39 is 36.1 Å². The van der Waals surface area contributed by atoms with Gasteiger partial charge in [-0.25, -0.2) is 4.79 Å². The van der Waals surface area contributed by atoms with E-state index in [2.05, 4.69) is 5.32 Å². The Hall–Kier alpha value is -2.68. The van der Waals surface area contributed by atoms with Crippen molar-refractivity contribution in [3.05, 3.63) is 34.4 Å². The number of carbonyl (C=O) groups excluding carboxylic acids is 1. The molecule has 0 spiro atoms. The van der Waals surface area contributed by atoms with Gasteiger partial charge in [0.05, 0.1) is 4.92 Å². The minimum Gasteiger partial charge on any atom is -0.480 e. The predicted octanol–water partition coefficient (Wildman–Crippen LogP) is -0.0746. The van der Waals surface area contributed by atoms with Gasteiger partial charge in [0.25, 0.3) is 5.91 Å². The second-order valence-corrected chi connectivity index (χ2v) is 3.98. The fourth-order valence-electron chi connectivity index (χ4n) is 1.50. The number of para-hydroxylation sites is 2. The Bertz CT molecular complexity index is 532. The van der Waals surface area contributed by atoms with Crippen molar-refractivity contribution < 1.29 is 29.5 Å². The number of aliphatic hydroxyl groups excluding tert-OH is 1. The number of nitro benzene ring substituents is 1. The minimum absolute atomic E-state index is 0.0910. The van der Waals surface area contributed by atoms with E-state index >= 15 is 0 Å². The first-order valence-electron chi connectivity index (χ1n) is 5.95. The molecular weight excluding hydrogens is 284 g/mol. The number of carbonyl (C=O) groups is 2. The SMILES string of the molecule is O=C(COc1ccccc1[N+](=O)[O-])N[C@@H](CCO)C(=O)O. The van der Waals surface area contributed by atoms with Crippen LogP contribution < -0.4 is 10.1 Å². The maximum absolute atomic E-state index is 11.5. The van der Waals surface area contributed by atoms with Crippen LogP contribution in [0.3, 0.4) is 0 Å². The van der Waals surface area contributed by atoms with Crippen LogP contribution in [0.1, 0.15) is 6.42 Å². The van der Waals surface area contributed by atoms with Crippen molar-refractivity contribution in [2.24, 2.45) is 0 Å². The second kappa shape index (κ2) is 7.80. The van der Waals surface area contributed by atoms with Crippen LogP contribution in [0.4, 0.5) is 5.69 Å². The predicted molar refractivity (Wildman–Crippen MR) is 69.9 cm³/mol. The van der Waals surface area contributed by atoms with Gasteiger partial charge in [-0.3, -0.25) is 14.9 Å². The third kappa shape index (κ3) is 5.07. The molecule has 0 bridgehead atoms. The lowest BCUT2D eigenvalue weighted by Gasteiger charge is -2.13. The van der Waals surface area contributed by atoms with E-state index in [0.29, 0.717) is 0 Å². The standard InChI is InChI=1S/C12H14N2O7/c15-6-5-8(12(17)18)13-11(16)7-21-10-4-2-1-3-9(10)14(19)20/h1-4,8,15H,5-7H2,(H,13,16)(H,17,18)/t8-/m0/s1. The molecule has 1 amide bonds. The molecule has 1 atom stereocenters. The van der Waals surface area contributed by atoms with Gasteiger partial charge in [0.15, 0.2) is 12.4 Å². The highest BCUT2D eigenvalue weighted by atomic mass is 16.6. The van der Waals surface area contributed by atoms with Crippen LogP contribution in [0.15, 0.2) is 24.3 Å². The first-order valence-corrected chi connectivity index (χ1v) is 5.95. The Morgan fingerprint density at radius 1 is 1.38 bits per heavy atom. The zero-order valence-electron chi connectivity index (χ0n) is 10.9. The number of nitrogens with zero attached hydrogens (tertiary/aromatic N) is 1. The number of hydrogen-bond acceptors (Lipinski definition) is 6. The van der Waals surface area contributed by atoms with Crippen molar-refractivity contribution >= 4 is 17.6 Å². The Balaban J connectivity index is 2.61. The molecule has 9 heteroatoms. The van der Waals surface area contributed by atoms with Crippen LogP contribution >= 0.6 is 0 Å². The molecule has 1 aromatic rings. The highest BCUT2D eigenvalue weighted by Crippen LogP contribution is 2.25. The van der Waals surface area contributed by atoms with Gasteiger partial charge < -0.3 is 20.3 Å². The summed E-state index contributed by atoms with van der Waals surface area (Å²) in [5.41, 5.74) is -0.296. The molecule has 0 aliphatic rings. The lowest BCUT2D eigenvalue weighted by Crippen LogP contribution is -2.43. The Morgan fingerprint density at radius 3 is 2.62 bits per heavy atom. The van der Waals surface area contributed by atoms with Crippen molar-refractivity contribution in [2.75, 3.05) is 13.2 Å². The monoisotopic (exact) mass is 298 g/mol. The van der Waals surface area contributed by atoms with Crippen LogP contribution in [0, 0.1) is 10.1 Å². The Kier molecular flexibility index (Phi) is 6.08. The minimum atomic E-state index is -1.29. The highest BCUT2D eigenvalue weighted by Gasteiger charge is 2.20. The largest absolute Gasteiger partial charge is 0.480 e. The normalized spacial score (nSPS) is 11.5. The van der Waals surface area contributed by atoms with E-state index in [1.807, 2.05) is 0 Å². The lowest BCUT2D eigenvalue weighted by molar-refractivity contribution is -0.385. The summed E-state index contributed by atoms with van der Waals surface area (Å²) in [5, 5.41) is 30.4. The average Bonchev–Trinajstić information content (AvgIpc) is 2.44. The molecule has 21 heavy (non-hydrogen) atoms. The number of hydrogen-bond donors (Lipinski definition) is 3. The fourth-order valence-corrected chi connectivity index (χ4v) is 1.50. The van der Waals surface area contributed by atoms with E-state index in [0.717, 1.165) is 0 Å². The van der Waals surface area contributed by atoms with Crippen molar-refractivity contribution in [3.8, 4) is 5.75 Å². The van der Waals surface area contributed by atoms with Crippen LogP contribution in [0.2, 0.25) is 0 Å². The third-order valence-corrected chi connectivity index (χ3v) is 2.47. The molecule has 9 nitrogen and oxygen atoms in total. The molecule has 1 rings (SSSR count). The summed E-state index contributed by atoms with van der Waals surface area (Å²) >= 11 is 0. The summed E-state index contributed by atoms with van der Waals surface area (Å²) in [4.78, 5) is 32.4. The number of benzene rings is 1. The van der Waals surface area contributed by atoms with Gasteiger partial charge in [-0.15, -0.1) is 0 Å². The zero-order valence-corrected chi connectivity index (χ0v) is 10.9. The van der Waals surface area contributed by atoms with Crippen LogP contribution in [0.25, 0.3) is 0 Å². The molecule has 0 aliphatic carbocycles. The molecule has 0 unspecified atom stereocenters. The highest BCUT2D eigenvalue weighted by molar-refractivity contribution is 5.84. The number of ether oxygens (including phenoxy) is 1. The Labute approximate surface area is 119 Å². The van der Waals surface area contributed by atoms with Gasteiger partial charge in [0.1, 0.15) is 6.04 Å². The van der Waals surface area contributed by atoms with Gasteiger partial charge in [-0.1, -0.05) is 12.1 Å². The number of aliphatic carboxylic acids is 1. The summed E-state index contributed by atoms with van der Waals surface area (Å²) in [6, 6.07) is 4.27. The summed E-state index contributed by atoms with van der Waals surface area (Å²) in [5.74, 6) is -2.14. The first-order chi connectivity index (χ1) is 9.95. The number of nitrogens with one attached hydrogen (secondary N) is 1. The van der Waals surface area contributed by atoms with Crippen LogP contribution in [-0.2, 0) is 9.59 Å². The van der Waals surface area contributed by atoms with E-state index in [1.165, 1.54) is 24.3 Å². The summed E-state index contributed by atoms with van der Waals surface area (Å²) in [7, 11) is 0. The first kappa shape index (κ1) is 16.4. The van der Waals surface area contributed by atoms with Crippen molar-refractivity contribution in [1.82, 2.24) is 5.32 Å². The summed E-state index contributed by atoms with van der Waals surface area (Å²) in [6.45, 7) is -0.970. The van der Waals surface area contributed by atoms with E-state index in [-0.39, 0.29) is 17.9 Å². The zero-order chi connectivity index (χ0) is 15.8. The molecule has 0 heterocycles. The van der Waals surface area contributed by atoms with Gasteiger partial charge in [0.2, 0.25) is 0 Å². The van der Waals surface area contributed by atoms with Crippen molar-refractivity contribution in [1.29, 1.82) is 0 Å². The van der Waals surface area contributed by atoms with E-state index in [4.69, 9.17) is 14.9 Å². The van der Waals surface area contributed by atoms with Crippen molar-refractivity contribution in [3.63, 3.8) is 0 Å². The molecule has 1 aromatic carbocycles. The summed E-state index contributed by atoms with van der Waals surface area (Å²) in [6.07, 6.45) is -0.146. The number of rotatable bonds is 8. The molecule has 0 fully saturated rings. The molecule has 114 valence electrons. The number of amides is 1. The topological polar surface area (TPSA) is 139 Å². The van der Waals surface area contributed by atoms with Gasteiger partial charge >= 0.3 is 11.7 Å². The number of carboxylic acid groups (broad SMARTS) is 1. The average molecular weight is 298 g/mol. The van der Waals surface area contributed by atoms with Gasteiger partial charge in [-0.2, -0.15) is 0 Å². The Morgan fingerprint density at radius 2 is 2.05 bits per heavy atom. The fraction of sp³-hybridized carbons (Fsp3) is 0.333. The molecule has 0 aromatic heterocycles. The van der Waals surface area contributed by atoms with E-state index in [9.17, 15) is 19.7 Å². The number of nitro groups is 1. The molecule has 3 N–H and O–H groups in total. The van der Waals surface area contributed by atoms with E-state index in [1.54, 1.807) is 0 Å². The molecular formula is C12H14N2O7. The van der Waals surface area contributed by atoms with Crippen molar-refractivity contribution in [2.45, 2.75) is 12.5 Å². The maximum atomic E-state index is 11.5. The molecule has 0 radical (unpaired) electrons. The maximum Gasteiger partial charge on any atom is 0.326 e. The molecule has 0 aliphatic heterocycles. The quantitative estimate of drug-likeness (QED) is 0.450. The number of aliphatic hydroxyl groups is 1. The van der Waals surface area contributed by atoms with Gasteiger partial charge in [-0.05, 0) is 6.07 Å². The molecule has 0 saturated carbocycles. The van der Waals surface area contributed by atoms with Gasteiger partial charge in [0, 0.05) is 19.1 Å².